The molecule has 0 amide bonds. The van der Waals surface area contributed by atoms with Crippen LogP contribution in [-0.4, -0.2) is 51.7 Å². The number of tetrazole rings is 1. The van der Waals surface area contributed by atoms with Gasteiger partial charge in [-0.15, -0.1) is 5.10 Å². The summed E-state index contributed by atoms with van der Waals surface area (Å²) in [6.45, 7) is 2.20. The van der Waals surface area contributed by atoms with Crippen molar-refractivity contribution in [2.24, 2.45) is 0 Å². The summed E-state index contributed by atoms with van der Waals surface area (Å²) < 4.78 is 6.84. The van der Waals surface area contributed by atoms with E-state index in [9.17, 15) is 0 Å². The number of benzene rings is 1. The van der Waals surface area contributed by atoms with Gasteiger partial charge in [0.15, 0.2) is 5.82 Å². The first-order valence-electron chi connectivity index (χ1n) is 6.14. The van der Waals surface area contributed by atoms with Crippen LogP contribution in [0.2, 0.25) is 0 Å². The van der Waals surface area contributed by atoms with Crippen LogP contribution in [0.5, 0.6) is 0 Å². The lowest BCUT2D eigenvalue weighted by atomic mass is 10.3. The van der Waals surface area contributed by atoms with Gasteiger partial charge in [0.2, 0.25) is 0 Å². The Morgan fingerprint density at radius 2 is 2.05 bits per heavy atom. The molecule has 1 heterocycles. The molecule has 7 nitrogen and oxygen atoms in total. The minimum Gasteiger partial charge on any atom is -0.394 e. The van der Waals surface area contributed by atoms with Gasteiger partial charge in [0.05, 0.1) is 32.1 Å². The number of aromatic nitrogens is 4. The highest BCUT2D eigenvalue weighted by Crippen LogP contribution is 2.06. The summed E-state index contributed by atoms with van der Waals surface area (Å²) in [6, 6.07) is 9.73. The molecule has 0 unspecified atom stereocenters. The van der Waals surface area contributed by atoms with Gasteiger partial charge in [0.1, 0.15) is 0 Å². The Hall–Kier alpha value is -1.83. The molecule has 2 aromatic rings. The van der Waals surface area contributed by atoms with E-state index in [0.717, 1.165) is 11.5 Å². The van der Waals surface area contributed by atoms with Gasteiger partial charge in [-0.1, -0.05) is 18.2 Å². The molecule has 1 aromatic heterocycles. The van der Waals surface area contributed by atoms with E-state index in [1.807, 2.05) is 30.3 Å². The molecule has 0 fully saturated rings. The summed E-state index contributed by atoms with van der Waals surface area (Å²) in [6.07, 6.45) is 0. The zero-order valence-corrected chi connectivity index (χ0v) is 10.6. The van der Waals surface area contributed by atoms with Crippen LogP contribution < -0.4 is 5.32 Å². The predicted molar refractivity (Wildman–Crippen MR) is 68.8 cm³/mol. The zero-order valence-electron chi connectivity index (χ0n) is 10.6. The highest BCUT2D eigenvalue weighted by Gasteiger charge is 2.06. The fraction of sp³-hybridized carbons (Fsp3) is 0.417. The average molecular weight is 263 g/mol. The lowest BCUT2D eigenvalue weighted by molar-refractivity contribution is 0.0937. The molecule has 2 rings (SSSR count). The Bertz CT molecular complexity index is 474. The number of ether oxygens (including phenoxy) is 1. The molecule has 102 valence electrons. The lowest BCUT2D eigenvalue weighted by Gasteiger charge is -2.06. The summed E-state index contributed by atoms with van der Waals surface area (Å²) in [4.78, 5) is 0. The molecule has 2 N–H and O–H groups in total. The quantitative estimate of drug-likeness (QED) is 0.639. The van der Waals surface area contributed by atoms with Crippen LogP contribution in [0.4, 0.5) is 0 Å². The third kappa shape index (κ3) is 4.09. The number of para-hydroxylation sites is 1. The van der Waals surface area contributed by atoms with Crippen LogP contribution in [0.1, 0.15) is 5.82 Å². The van der Waals surface area contributed by atoms with E-state index < -0.39 is 0 Å². The lowest BCUT2D eigenvalue weighted by Crippen LogP contribution is -2.22. The molecule has 0 saturated heterocycles. The molecule has 7 heteroatoms. The van der Waals surface area contributed by atoms with Crippen molar-refractivity contribution in [3.05, 3.63) is 36.2 Å². The van der Waals surface area contributed by atoms with E-state index in [-0.39, 0.29) is 6.61 Å². The van der Waals surface area contributed by atoms with E-state index >= 15 is 0 Å². The van der Waals surface area contributed by atoms with Gasteiger partial charge in [0.25, 0.3) is 0 Å². The minimum absolute atomic E-state index is 0.0479. The summed E-state index contributed by atoms with van der Waals surface area (Å²) in [7, 11) is 0. The Balaban J connectivity index is 1.83. The highest BCUT2D eigenvalue weighted by molar-refractivity contribution is 5.30. The summed E-state index contributed by atoms with van der Waals surface area (Å²) in [5.41, 5.74) is 0.931. The van der Waals surface area contributed by atoms with Crippen molar-refractivity contribution < 1.29 is 9.84 Å². The second kappa shape index (κ2) is 7.57. The summed E-state index contributed by atoms with van der Waals surface area (Å²) in [5.74, 6) is 0.744. The summed E-state index contributed by atoms with van der Waals surface area (Å²) in [5, 5.41) is 23.4. The molecule has 0 aliphatic carbocycles. The Kier molecular flexibility index (Phi) is 5.42. The maximum absolute atomic E-state index is 8.56. The van der Waals surface area contributed by atoms with Crippen LogP contribution in [0, 0.1) is 0 Å². The second-order valence-electron chi connectivity index (χ2n) is 3.86. The van der Waals surface area contributed by atoms with E-state index in [0.29, 0.717) is 26.3 Å². The van der Waals surface area contributed by atoms with E-state index in [1.165, 1.54) is 0 Å². The smallest absolute Gasteiger partial charge is 0.170 e. The first kappa shape index (κ1) is 13.6. The molecule has 0 aliphatic rings. The number of hydrogen-bond donors (Lipinski definition) is 2. The normalized spacial score (nSPS) is 10.8. The zero-order chi connectivity index (χ0) is 13.3. The van der Waals surface area contributed by atoms with Crippen molar-refractivity contribution in [2.75, 3.05) is 26.4 Å². The Morgan fingerprint density at radius 1 is 1.21 bits per heavy atom. The van der Waals surface area contributed by atoms with E-state index in [1.54, 1.807) is 4.68 Å². The third-order valence-electron chi connectivity index (χ3n) is 2.48. The highest BCUT2D eigenvalue weighted by atomic mass is 16.5. The fourth-order valence-electron chi connectivity index (χ4n) is 1.60. The molecular formula is C12H17N5O2. The number of aliphatic hydroxyl groups is 1. The maximum Gasteiger partial charge on any atom is 0.170 e. The topological polar surface area (TPSA) is 85.1 Å². The molecular weight excluding hydrogens is 246 g/mol. The summed E-state index contributed by atoms with van der Waals surface area (Å²) >= 11 is 0. The number of nitrogens with zero attached hydrogens (tertiary/aromatic N) is 4. The van der Waals surface area contributed by atoms with Gasteiger partial charge in [0, 0.05) is 6.54 Å². The van der Waals surface area contributed by atoms with Gasteiger partial charge in [-0.05, 0) is 22.6 Å². The molecule has 0 bridgehead atoms. The molecule has 19 heavy (non-hydrogen) atoms. The standard InChI is InChI=1S/C12H17N5O2/c18-7-9-19-8-6-13-10-12-14-15-16-17(12)11-4-2-1-3-5-11/h1-5,13,18H,6-10H2. The van der Waals surface area contributed by atoms with E-state index in [4.69, 9.17) is 9.84 Å². The molecule has 0 atom stereocenters. The Morgan fingerprint density at radius 3 is 2.84 bits per heavy atom. The van der Waals surface area contributed by atoms with Gasteiger partial charge >= 0.3 is 0 Å². The van der Waals surface area contributed by atoms with Gasteiger partial charge in [-0.25, -0.2) is 0 Å². The SMILES string of the molecule is OCCOCCNCc1nnnn1-c1ccccc1. The molecule has 0 aliphatic heterocycles. The van der Waals surface area contributed by atoms with Crippen molar-refractivity contribution in [3.63, 3.8) is 0 Å². The molecule has 0 radical (unpaired) electrons. The van der Waals surface area contributed by atoms with Crippen LogP contribution in [-0.2, 0) is 11.3 Å². The molecule has 0 spiro atoms. The largest absolute Gasteiger partial charge is 0.394 e. The number of hydrogen-bond acceptors (Lipinski definition) is 6. The van der Waals surface area contributed by atoms with Crippen LogP contribution >= 0.6 is 0 Å². The fourth-order valence-corrected chi connectivity index (χ4v) is 1.60. The predicted octanol–water partition coefficient (Wildman–Crippen LogP) is -0.239. The average Bonchev–Trinajstić information content (AvgIpc) is 2.92. The first-order valence-corrected chi connectivity index (χ1v) is 6.14. The first-order chi connectivity index (χ1) is 9.42. The van der Waals surface area contributed by atoms with Crippen molar-refractivity contribution >= 4 is 0 Å². The van der Waals surface area contributed by atoms with Crippen molar-refractivity contribution in [1.29, 1.82) is 0 Å². The molecule has 1 aromatic carbocycles. The van der Waals surface area contributed by atoms with Gasteiger partial charge < -0.3 is 15.2 Å². The van der Waals surface area contributed by atoms with Crippen LogP contribution in [0.15, 0.2) is 30.3 Å². The number of nitrogens with one attached hydrogen (secondary N) is 1. The van der Waals surface area contributed by atoms with Crippen molar-refractivity contribution in [2.45, 2.75) is 6.54 Å². The molecule has 0 saturated carbocycles. The third-order valence-corrected chi connectivity index (χ3v) is 2.48. The minimum atomic E-state index is 0.0479. The number of aliphatic hydroxyl groups excluding tert-OH is 1. The number of rotatable bonds is 8. The monoisotopic (exact) mass is 263 g/mol. The van der Waals surface area contributed by atoms with Crippen LogP contribution in [0.3, 0.4) is 0 Å². The van der Waals surface area contributed by atoms with Gasteiger partial charge in [-0.3, -0.25) is 0 Å². The Labute approximate surface area is 111 Å². The maximum atomic E-state index is 8.56. The van der Waals surface area contributed by atoms with Crippen LogP contribution in [0.25, 0.3) is 5.69 Å². The van der Waals surface area contributed by atoms with E-state index in [2.05, 4.69) is 20.8 Å². The van der Waals surface area contributed by atoms with Gasteiger partial charge in [-0.2, -0.15) is 4.68 Å². The van der Waals surface area contributed by atoms with Crippen molar-refractivity contribution in [1.82, 2.24) is 25.5 Å². The van der Waals surface area contributed by atoms with Crippen molar-refractivity contribution in [3.8, 4) is 5.69 Å². The second-order valence-corrected chi connectivity index (χ2v) is 3.86.